The van der Waals surface area contributed by atoms with Crippen molar-refractivity contribution < 1.29 is 0 Å². The van der Waals surface area contributed by atoms with Crippen LogP contribution in [0, 0.1) is 5.92 Å². The predicted molar refractivity (Wildman–Crippen MR) is 80.2 cm³/mol. The summed E-state index contributed by atoms with van der Waals surface area (Å²) in [6.07, 6.45) is 2.59. The molecule has 3 heteroatoms. The minimum absolute atomic E-state index is 0.506. The molecule has 1 aromatic heterocycles. The zero-order valence-electron chi connectivity index (χ0n) is 11.9. The van der Waals surface area contributed by atoms with Gasteiger partial charge in [0.15, 0.2) is 0 Å². The van der Waals surface area contributed by atoms with Gasteiger partial charge >= 0.3 is 0 Å². The van der Waals surface area contributed by atoms with Crippen LogP contribution < -0.4 is 5.32 Å². The molecule has 1 fully saturated rings. The van der Waals surface area contributed by atoms with Crippen LogP contribution in [0.2, 0.25) is 0 Å². The maximum atomic E-state index is 3.78. The Morgan fingerprint density at radius 2 is 2.06 bits per heavy atom. The van der Waals surface area contributed by atoms with Gasteiger partial charge in [0.1, 0.15) is 0 Å². The third-order valence-corrected chi connectivity index (χ3v) is 4.72. The molecule has 0 spiro atoms. The van der Waals surface area contributed by atoms with Crippen molar-refractivity contribution in [3.63, 3.8) is 0 Å². The van der Waals surface area contributed by atoms with Crippen molar-refractivity contribution in [3.8, 4) is 0 Å². The van der Waals surface area contributed by atoms with Gasteiger partial charge in [-0.2, -0.15) is 0 Å². The van der Waals surface area contributed by atoms with Crippen LogP contribution in [0.25, 0.3) is 0 Å². The van der Waals surface area contributed by atoms with E-state index in [9.17, 15) is 0 Å². The minimum atomic E-state index is 0.506. The van der Waals surface area contributed by atoms with Gasteiger partial charge in [0.25, 0.3) is 0 Å². The van der Waals surface area contributed by atoms with Gasteiger partial charge in [-0.25, -0.2) is 0 Å². The highest BCUT2D eigenvalue weighted by Crippen LogP contribution is 2.21. The van der Waals surface area contributed by atoms with Crippen LogP contribution in [0.3, 0.4) is 0 Å². The van der Waals surface area contributed by atoms with Gasteiger partial charge < -0.3 is 10.2 Å². The fraction of sp³-hybridized carbons (Fsp3) is 0.733. The van der Waals surface area contributed by atoms with E-state index in [0.29, 0.717) is 12.1 Å². The lowest BCUT2D eigenvalue weighted by molar-refractivity contribution is 0.175. The standard InChI is InChI=1S/C15H26N2S/c1-12(2)11-17-8-6-14(7-9-17)16-13(3)15-5-4-10-18-15/h4-5,10,12-14,16H,6-9,11H2,1-3H3/t13-/m1/s1. The van der Waals surface area contributed by atoms with E-state index >= 15 is 0 Å². The topological polar surface area (TPSA) is 15.3 Å². The number of likely N-dealkylation sites (tertiary alicyclic amines) is 1. The summed E-state index contributed by atoms with van der Waals surface area (Å²) in [7, 11) is 0. The average Bonchev–Trinajstić information content (AvgIpc) is 2.84. The van der Waals surface area contributed by atoms with Gasteiger partial charge in [0.2, 0.25) is 0 Å². The summed E-state index contributed by atoms with van der Waals surface area (Å²) < 4.78 is 0. The molecule has 0 aromatic carbocycles. The summed E-state index contributed by atoms with van der Waals surface area (Å²) in [4.78, 5) is 4.07. The van der Waals surface area contributed by atoms with E-state index in [1.165, 1.54) is 37.4 Å². The molecular formula is C15H26N2S. The van der Waals surface area contributed by atoms with Gasteiger partial charge in [-0.3, -0.25) is 0 Å². The molecule has 1 aromatic rings. The molecule has 1 aliphatic heterocycles. The fourth-order valence-electron chi connectivity index (χ4n) is 2.77. The number of nitrogens with one attached hydrogen (secondary N) is 1. The first-order valence-electron chi connectivity index (χ1n) is 7.17. The van der Waals surface area contributed by atoms with Crippen LogP contribution in [0.1, 0.15) is 44.5 Å². The molecule has 18 heavy (non-hydrogen) atoms. The minimum Gasteiger partial charge on any atom is -0.307 e. The van der Waals surface area contributed by atoms with E-state index in [-0.39, 0.29) is 0 Å². The van der Waals surface area contributed by atoms with Gasteiger partial charge in [0, 0.05) is 23.5 Å². The molecule has 1 saturated heterocycles. The molecule has 1 aliphatic rings. The molecule has 0 saturated carbocycles. The zero-order chi connectivity index (χ0) is 13.0. The molecule has 2 rings (SSSR count). The number of thiophene rings is 1. The Hall–Kier alpha value is -0.380. The largest absolute Gasteiger partial charge is 0.307 e. The lowest BCUT2D eigenvalue weighted by atomic mass is 10.0. The third kappa shape index (κ3) is 4.08. The number of hydrogen-bond acceptors (Lipinski definition) is 3. The van der Waals surface area contributed by atoms with Gasteiger partial charge in [-0.15, -0.1) is 11.3 Å². The highest BCUT2D eigenvalue weighted by atomic mass is 32.1. The Labute approximate surface area is 115 Å². The Balaban J connectivity index is 1.73. The smallest absolute Gasteiger partial charge is 0.0388 e. The molecule has 0 aliphatic carbocycles. The first kappa shape index (κ1) is 14.0. The summed E-state index contributed by atoms with van der Waals surface area (Å²) in [5.74, 6) is 0.791. The molecule has 0 bridgehead atoms. The lowest BCUT2D eigenvalue weighted by Gasteiger charge is -2.34. The Morgan fingerprint density at radius 1 is 1.33 bits per heavy atom. The number of hydrogen-bond donors (Lipinski definition) is 1. The second-order valence-electron chi connectivity index (χ2n) is 5.87. The van der Waals surface area contributed by atoms with Crippen LogP contribution in [0.4, 0.5) is 0 Å². The highest BCUT2D eigenvalue weighted by Gasteiger charge is 2.21. The van der Waals surface area contributed by atoms with E-state index in [1.54, 1.807) is 0 Å². The predicted octanol–water partition coefficient (Wildman–Crippen LogP) is 3.52. The Morgan fingerprint density at radius 3 is 2.61 bits per heavy atom. The Kier molecular flexibility index (Phi) is 5.22. The molecule has 1 atom stereocenters. The van der Waals surface area contributed by atoms with Gasteiger partial charge in [-0.1, -0.05) is 19.9 Å². The van der Waals surface area contributed by atoms with Crippen LogP contribution in [0.5, 0.6) is 0 Å². The summed E-state index contributed by atoms with van der Waals surface area (Å²) in [5, 5.41) is 5.94. The van der Waals surface area contributed by atoms with Gasteiger partial charge in [-0.05, 0) is 50.2 Å². The summed E-state index contributed by atoms with van der Waals surface area (Å²) in [6.45, 7) is 10.7. The highest BCUT2D eigenvalue weighted by molar-refractivity contribution is 7.10. The summed E-state index contributed by atoms with van der Waals surface area (Å²) in [6, 6.07) is 5.58. The quantitative estimate of drug-likeness (QED) is 0.877. The average molecular weight is 266 g/mol. The van der Waals surface area contributed by atoms with E-state index in [1.807, 2.05) is 11.3 Å². The molecule has 0 unspecified atom stereocenters. The van der Waals surface area contributed by atoms with Crippen LogP contribution >= 0.6 is 11.3 Å². The van der Waals surface area contributed by atoms with E-state index in [2.05, 4.69) is 48.5 Å². The first-order chi connectivity index (χ1) is 8.65. The SMILES string of the molecule is CC(C)CN1CCC(N[C@H](C)c2cccs2)CC1. The van der Waals surface area contributed by atoms with Gasteiger partial charge in [0.05, 0.1) is 0 Å². The lowest BCUT2D eigenvalue weighted by Crippen LogP contribution is -2.44. The van der Waals surface area contributed by atoms with E-state index < -0.39 is 0 Å². The van der Waals surface area contributed by atoms with Crippen LogP contribution in [-0.2, 0) is 0 Å². The molecule has 2 heterocycles. The van der Waals surface area contributed by atoms with Crippen molar-refractivity contribution in [1.82, 2.24) is 10.2 Å². The summed E-state index contributed by atoms with van der Waals surface area (Å²) in [5.41, 5.74) is 0. The zero-order valence-corrected chi connectivity index (χ0v) is 12.7. The fourth-order valence-corrected chi connectivity index (χ4v) is 3.52. The van der Waals surface area contributed by atoms with E-state index in [4.69, 9.17) is 0 Å². The van der Waals surface area contributed by atoms with Crippen molar-refractivity contribution in [2.75, 3.05) is 19.6 Å². The van der Waals surface area contributed by atoms with Crippen molar-refractivity contribution in [3.05, 3.63) is 22.4 Å². The van der Waals surface area contributed by atoms with Crippen molar-refractivity contribution >= 4 is 11.3 Å². The molecule has 2 nitrogen and oxygen atoms in total. The Bertz CT molecular complexity index is 326. The molecule has 102 valence electrons. The van der Waals surface area contributed by atoms with Crippen molar-refractivity contribution in [2.24, 2.45) is 5.92 Å². The maximum Gasteiger partial charge on any atom is 0.0388 e. The van der Waals surface area contributed by atoms with Crippen LogP contribution in [0.15, 0.2) is 17.5 Å². The van der Waals surface area contributed by atoms with Crippen LogP contribution in [-0.4, -0.2) is 30.6 Å². The van der Waals surface area contributed by atoms with Crippen molar-refractivity contribution in [2.45, 2.75) is 45.7 Å². The molecule has 1 N–H and O–H groups in total. The van der Waals surface area contributed by atoms with Crippen molar-refractivity contribution in [1.29, 1.82) is 0 Å². The van der Waals surface area contributed by atoms with E-state index in [0.717, 1.165) is 5.92 Å². The number of piperidine rings is 1. The third-order valence-electron chi connectivity index (χ3n) is 3.67. The monoisotopic (exact) mass is 266 g/mol. The normalized spacial score (nSPS) is 20.4. The molecular weight excluding hydrogens is 240 g/mol. The summed E-state index contributed by atoms with van der Waals surface area (Å²) >= 11 is 1.86. The number of nitrogens with zero attached hydrogens (tertiary/aromatic N) is 1. The number of rotatable bonds is 5. The second kappa shape index (κ2) is 6.69. The second-order valence-corrected chi connectivity index (χ2v) is 6.85. The molecule has 0 radical (unpaired) electrons. The first-order valence-corrected chi connectivity index (χ1v) is 8.05. The maximum absolute atomic E-state index is 3.78. The molecule has 0 amide bonds.